The van der Waals surface area contributed by atoms with Crippen molar-refractivity contribution in [1.82, 2.24) is 0 Å². The van der Waals surface area contributed by atoms with E-state index in [9.17, 15) is 4.79 Å². The molecule has 4 heteroatoms. The number of methoxy groups -OCH3 is 2. The van der Waals surface area contributed by atoms with Crippen LogP contribution in [0.15, 0.2) is 24.3 Å². The molecular formula is C15H20O4. The topological polar surface area (TPSA) is 44.8 Å². The van der Waals surface area contributed by atoms with Crippen molar-refractivity contribution < 1.29 is 19.0 Å². The fraction of sp³-hybridized carbons (Fsp3) is 0.533. The molecule has 1 heterocycles. The van der Waals surface area contributed by atoms with Crippen molar-refractivity contribution >= 4 is 5.97 Å². The first-order valence-corrected chi connectivity index (χ1v) is 6.41. The maximum Gasteiger partial charge on any atom is 0.316 e. The molecule has 2 rings (SSSR count). The Morgan fingerprint density at radius 2 is 2.05 bits per heavy atom. The molecule has 19 heavy (non-hydrogen) atoms. The maximum atomic E-state index is 12.3. The van der Waals surface area contributed by atoms with Gasteiger partial charge in [0.15, 0.2) is 0 Å². The average Bonchev–Trinajstić information content (AvgIpc) is 2.41. The Balaban J connectivity index is 2.37. The Morgan fingerprint density at radius 1 is 1.37 bits per heavy atom. The molecule has 0 N–H and O–H groups in total. The van der Waals surface area contributed by atoms with Gasteiger partial charge >= 0.3 is 5.97 Å². The van der Waals surface area contributed by atoms with E-state index in [0.717, 1.165) is 11.3 Å². The molecule has 104 valence electrons. The molecule has 1 aliphatic rings. The van der Waals surface area contributed by atoms with Crippen molar-refractivity contribution in [2.45, 2.75) is 18.8 Å². The zero-order valence-corrected chi connectivity index (χ0v) is 11.6. The third kappa shape index (κ3) is 2.59. The predicted molar refractivity (Wildman–Crippen MR) is 71.3 cm³/mol. The van der Waals surface area contributed by atoms with Gasteiger partial charge in [0, 0.05) is 11.5 Å². The van der Waals surface area contributed by atoms with Crippen LogP contribution in [-0.2, 0) is 19.7 Å². The third-order valence-electron chi connectivity index (χ3n) is 3.74. The standard InChI is InChI=1S/C15H20O4/c1-15(14(16)18-3,8-11-9-19-10-11)12-6-4-5-7-13(12)17-2/h4-7,11H,8-10H2,1-3H3. The molecule has 1 saturated heterocycles. The number of esters is 1. The van der Waals surface area contributed by atoms with Crippen LogP contribution in [0.4, 0.5) is 0 Å². The summed E-state index contributed by atoms with van der Waals surface area (Å²) in [6.45, 7) is 3.33. The number of rotatable bonds is 5. The molecule has 4 nitrogen and oxygen atoms in total. The summed E-state index contributed by atoms with van der Waals surface area (Å²) in [4.78, 5) is 12.3. The highest BCUT2D eigenvalue weighted by Crippen LogP contribution is 2.39. The Bertz CT molecular complexity index is 453. The fourth-order valence-electron chi connectivity index (χ4n) is 2.61. The zero-order chi connectivity index (χ0) is 13.9. The first-order chi connectivity index (χ1) is 9.11. The molecule has 1 aliphatic heterocycles. The Morgan fingerprint density at radius 3 is 2.58 bits per heavy atom. The largest absolute Gasteiger partial charge is 0.496 e. The van der Waals surface area contributed by atoms with E-state index in [4.69, 9.17) is 14.2 Å². The molecule has 1 aromatic rings. The number of carbonyl (C=O) groups is 1. The van der Waals surface area contributed by atoms with Gasteiger partial charge < -0.3 is 14.2 Å². The number of hydrogen-bond donors (Lipinski definition) is 0. The van der Waals surface area contributed by atoms with Crippen molar-refractivity contribution in [2.75, 3.05) is 27.4 Å². The van der Waals surface area contributed by atoms with Gasteiger partial charge in [0.25, 0.3) is 0 Å². The second kappa shape index (κ2) is 5.61. The van der Waals surface area contributed by atoms with Crippen LogP contribution in [0.1, 0.15) is 18.9 Å². The van der Waals surface area contributed by atoms with E-state index >= 15 is 0 Å². The summed E-state index contributed by atoms with van der Waals surface area (Å²) in [5, 5.41) is 0. The Labute approximate surface area is 113 Å². The van der Waals surface area contributed by atoms with Gasteiger partial charge in [-0.25, -0.2) is 0 Å². The molecule has 1 fully saturated rings. The van der Waals surface area contributed by atoms with Crippen LogP contribution >= 0.6 is 0 Å². The lowest BCUT2D eigenvalue weighted by Crippen LogP contribution is -2.41. The molecule has 0 aliphatic carbocycles. The van der Waals surface area contributed by atoms with Gasteiger partial charge in [-0.3, -0.25) is 4.79 Å². The minimum atomic E-state index is -0.699. The van der Waals surface area contributed by atoms with E-state index in [-0.39, 0.29) is 5.97 Å². The molecule has 0 radical (unpaired) electrons. The number of hydrogen-bond acceptors (Lipinski definition) is 4. The van der Waals surface area contributed by atoms with Gasteiger partial charge in [0.2, 0.25) is 0 Å². The summed E-state index contributed by atoms with van der Waals surface area (Å²) in [6.07, 6.45) is 0.708. The molecule has 0 bridgehead atoms. The SMILES string of the molecule is COC(=O)C(C)(CC1COC1)c1ccccc1OC. The summed E-state index contributed by atoms with van der Waals surface area (Å²) < 4.78 is 15.6. The molecule has 0 aromatic heterocycles. The summed E-state index contributed by atoms with van der Waals surface area (Å²) in [6, 6.07) is 7.60. The highest BCUT2D eigenvalue weighted by molar-refractivity contribution is 5.83. The van der Waals surface area contributed by atoms with Crippen LogP contribution in [0.2, 0.25) is 0 Å². The lowest BCUT2D eigenvalue weighted by Gasteiger charge is -2.35. The Hall–Kier alpha value is -1.55. The second-order valence-corrected chi connectivity index (χ2v) is 5.13. The fourth-order valence-corrected chi connectivity index (χ4v) is 2.61. The van der Waals surface area contributed by atoms with Gasteiger partial charge in [-0.1, -0.05) is 18.2 Å². The Kier molecular flexibility index (Phi) is 4.10. The highest BCUT2D eigenvalue weighted by atomic mass is 16.5. The molecule has 0 spiro atoms. The normalized spacial score (nSPS) is 18.3. The minimum Gasteiger partial charge on any atom is -0.496 e. The van der Waals surface area contributed by atoms with Crippen LogP contribution in [0.3, 0.4) is 0 Å². The van der Waals surface area contributed by atoms with E-state index in [0.29, 0.717) is 25.6 Å². The van der Waals surface area contributed by atoms with Crippen LogP contribution < -0.4 is 4.74 Å². The zero-order valence-electron chi connectivity index (χ0n) is 11.6. The van der Waals surface area contributed by atoms with Crippen molar-refractivity contribution in [2.24, 2.45) is 5.92 Å². The minimum absolute atomic E-state index is 0.232. The van der Waals surface area contributed by atoms with E-state index in [1.807, 2.05) is 31.2 Å². The predicted octanol–water partition coefficient (Wildman–Crippen LogP) is 2.16. The van der Waals surface area contributed by atoms with Gasteiger partial charge in [-0.05, 0) is 19.4 Å². The van der Waals surface area contributed by atoms with Gasteiger partial charge in [0.1, 0.15) is 5.75 Å². The van der Waals surface area contributed by atoms with Crippen molar-refractivity contribution in [1.29, 1.82) is 0 Å². The quantitative estimate of drug-likeness (QED) is 0.764. The molecular weight excluding hydrogens is 244 g/mol. The number of para-hydroxylation sites is 1. The number of carbonyl (C=O) groups excluding carboxylic acids is 1. The summed E-state index contributed by atoms with van der Waals surface area (Å²) in [7, 11) is 3.04. The first-order valence-electron chi connectivity index (χ1n) is 6.41. The lowest BCUT2D eigenvalue weighted by atomic mass is 9.74. The van der Waals surface area contributed by atoms with Crippen molar-refractivity contribution in [3.05, 3.63) is 29.8 Å². The molecule has 1 atom stereocenters. The van der Waals surface area contributed by atoms with Gasteiger partial charge in [-0.15, -0.1) is 0 Å². The number of benzene rings is 1. The first kappa shape index (κ1) is 13.9. The van der Waals surface area contributed by atoms with Crippen LogP contribution in [0.25, 0.3) is 0 Å². The van der Waals surface area contributed by atoms with E-state index in [1.54, 1.807) is 7.11 Å². The third-order valence-corrected chi connectivity index (χ3v) is 3.74. The van der Waals surface area contributed by atoms with Crippen LogP contribution in [0, 0.1) is 5.92 Å². The lowest BCUT2D eigenvalue weighted by molar-refractivity contribution is -0.149. The monoisotopic (exact) mass is 264 g/mol. The van der Waals surface area contributed by atoms with Crippen molar-refractivity contribution in [3.63, 3.8) is 0 Å². The second-order valence-electron chi connectivity index (χ2n) is 5.13. The van der Waals surface area contributed by atoms with Crippen molar-refractivity contribution in [3.8, 4) is 5.75 Å². The van der Waals surface area contributed by atoms with Gasteiger partial charge in [-0.2, -0.15) is 0 Å². The van der Waals surface area contributed by atoms with E-state index in [2.05, 4.69) is 0 Å². The summed E-state index contributed by atoms with van der Waals surface area (Å²) >= 11 is 0. The van der Waals surface area contributed by atoms with E-state index < -0.39 is 5.41 Å². The van der Waals surface area contributed by atoms with Gasteiger partial charge in [0.05, 0.1) is 32.8 Å². The molecule has 0 amide bonds. The summed E-state index contributed by atoms with van der Waals surface area (Å²) in [5.74, 6) is 0.883. The molecule has 1 unspecified atom stereocenters. The van der Waals surface area contributed by atoms with Crippen LogP contribution in [-0.4, -0.2) is 33.4 Å². The van der Waals surface area contributed by atoms with Crippen LogP contribution in [0.5, 0.6) is 5.75 Å². The number of ether oxygens (including phenoxy) is 3. The highest BCUT2D eigenvalue weighted by Gasteiger charge is 2.42. The smallest absolute Gasteiger partial charge is 0.316 e. The molecule has 0 saturated carbocycles. The average molecular weight is 264 g/mol. The van der Waals surface area contributed by atoms with E-state index in [1.165, 1.54) is 7.11 Å². The summed E-state index contributed by atoms with van der Waals surface area (Å²) in [5.41, 5.74) is 0.173. The molecule has 1 aromatic carbocycles. The maximum absolute atomic E-state index is 12.3.